The number of ether oxygens (including phenoxy) is 4. The Bertz CT molecular complexity index is 1780. The molecule has 0 unspecified atom stereocenters. The number of benzene rings is 4. The lowest BCUT2D eigenvalue weighted by atomic mass is 10.1. The average molecular weight is 648 g/mol. The van der Waals surface area contributed by atoms with E-state index in [0.717, 1.165) is 16.0 Å². The molecule has 1 saturated heterocycles. The van der Waals surface area contributed by atoms with Crippen LogP contribution in [0.25, 0.3) is 6.08 Å². The van der Waals surface area contributed by atoms with Gasteiger partial charge in [0.05, 0.1) is 24.4 Å². The van der Waals surface area contributed by atoms with Crippen LogP contribution in [0.15, 0.2) is 90.5 Å². The molecule has 1 heterocycles. The maximum atomic E-state index is 13.3. The molecule has 0 atom stereocenters. The highest BCUT2D eigenvalue weighted by Crippen LogP contribution is 2.38. The van der Waals surface area contributed by atoms with Gasteiger partial charge in [-0.05, 0) is 72.2 Å². The van der Waals surface area contributed by atoms with E-state index >= 15 is 0 Å². The fourth-order valence-corrected chi connectivity index (χ4v) is 5.02. The second kappa shape index (κ2) is 14.2. The van der Waals surface area contributed by atoms with Gasteiger partial charge in [-0.15, -0.1) is 0 Å². The number of nitrogens with zero attached hydrogens (tertiary/aromatic N) is 1. The Morgan fingerprint density at radius 1 is 0.778 bits per heavy atom. The molecule has 0 bridgehead atoms. The van der Waals surface area contributed by atoms with Crippen molar-refractivity contribution in [2.75, 3.05) is 18.6 Å². The van der Waals surface area contributed by atoms with Gasteiger partial charge in [0.1, 0.15) is 18.8 Å². The molecule has 0 aromatic heterocycles. The smallest absolute Gasteiger partial charge is 0.335 e. The second-order valence-electron chi connectivity index (χ2n) is 9.75. The fraction of sp³-hybridized carbons (Fsp3) is 0.147. The number of anilines is 1. The summed E-state index contributed by atoms with van der Waals surface area (Å²) in [5, 5.41) is 2.69. The molecule has 9 nitrogen and oxygen atoms in total. The van der Waals surface area contributed by atoms with E-state index in [1.54, 1.807) is 18.2 Å². The van der Waals surface area contributed by atoms with Crippen molar-refractivity contribution >= 4 is 52.8 Å². The number of hydrogen-bond donors (Lipinski definition) is 1. The fourth-order valence-electron chi connectivity index (χ4n) is 4.56. The zero-order valence-electron chi connectivity index (χ0n) is 24.3. The number of amides is 4. The number of halogens is 2. The van der Waals surface area contributed by atoms with Gasteiger partial charge in [0.15, 0.2) is 23.0 Å². The standard InChI is InChI=1S/C34H28Cl2N2O7/c1-3-43-29-16-22(12-13-28(29)44-19-21-8-5-4-6-9-21)20-45-31-27(36)15-23(17-30(31)42-2)14-26-32(39)37-34(41)38(33(26)40)25-11-7-10-24(35)18-25/h4-18H,3,19-20H2,1-2H3,(H,37,39,41)/b26-14+. The van der Waals surface area contributed by atoms with Crippen LogP contribution in [0.3, 0.4) is 0 Å². The van der Waals surface area contributed by atoms with Crippen molar-refractivity contribution in [3.8, 4) is 23.0 Å². The van der Waals surface area contributed by atoms with Gasteiger partial charge in [-0.2, -0.15) is 0 Å². The number of carbonyl (C=O) groups is 3. The van der Waals surface area contributed by atoms with Gasteiger partial charge in [0, 0.05) is 5.02 Å². The molecule has 0 saturated carbocycles. The number of barbiturate groups is 1. The van der Waals surface area contributed by atoms with Crippen molar-refractivity contribution in [2.24, 2.45) is 0 Å². The summed E-state index contributed by atoms with van der Waals surface area (Å²) in [6.07, 6.45) is 1.32. The molecule has 1 aliphatic heterocycles. The van der Waals surface area contributed by atoms with Gasteiger partial charge in [-0.25, -0.2) is 9.69 Å². The second-order valence-corrected chi connectivity index (χ2v) is 10.6. The summed E-state index contributed by atoms with van der Waals surface area (Å²) >= 11 is 12.6. The van der Waals surface area contributed by atoms with E-state index in [1.807, 2.05) is 55.5 Å². The van der Waals surface area contributed by atoms with Crippen LogP contribution in [0.1, 0.15) is 23.6 Å². The minimum Gasteiger partial charge on any atom is -0.493 e. The third kappa shape index (κ3) is 7.39. The first-order chi connectivity index (χ1) is 21.8. The van der Waals surface area contributed by atoms with Gasteiger partial charge in [0.2, 0.25) is 0 Å². The van der Waals surface area contributed by atoms with Crippen LogP contribution in [0.5, 0.6) is 23.0 Å². The van der Waals surface area contributed by atoms with Crippen molar-refractivity contribution in [3.05, 3.63) is 117 Å². The van der Waals surface area contributed by atoms with Gasteiger partial charge in [-0.1, -0.05) is 65.7 Å². The molecule has 45 heavy (non-hydrogen) atoms. The molecular weight excluding hydrogens is 619 g/mol. The largest absolute Gasteiger partial charge is 0.493 e. The van der Waals surface area contributed by atoms with Crippen molar-refractivity contribution in [1.82, 2.24) is 5.32 Å². The monoisotopic (exact) mass is 646 g/mol. The summed E-state index contributed by atoms with van der Waals surface area (Å²) < 4.78 is 23.4. The summed E-state index contributed by atoms with van der Waals surface area (Å²) in [4.78, 5) is 39.3. The van der Waals surface area contributed by atoms with Crippen molar-refractivity contribution in [1.29, 1.82) is 0 Å². The van der Waals surface area contributed by atoms with Gasteiger partial charge in [-0.3, -0.25) is 14.9 Å². The van der Waals surface area contributed by atoms with Gasteiger partial charge in [0.25, 0.3) is 11.8 Å². The number of carbonyl (C=O) groups excluding carboxylic acids is 3. The highest BCUT2D eigenvalue weighted by atomic mass is 35.5. The zero-order valence-corrected chi connectivity index (χ0v) is 25.9. The van der Waals surface area contributed by atoms with Crippen LogP contribution < -0.4 is 29.2 Å². The summed E-state index contributed by atoms with van der Waals surface area (Å²) in [6.45, 7) is 2.87. The quantitative estimate of drug-likeness (QED) is 0.135. The highest BCUT2D eigenvalue weighted by molar-refractivity contribution is 6.39. The number of methoxy groups -OCH3 is 1. The molecule has 0 spiro atoms. The van der Waals surface area contributed by atoms with E-state index in [4.69, 9.17) is 42.1 Å². The number of hydrogen-bond acceptors (Lipinski definition) is 7. The van der Waals surface area contributed by atoms with E-state index < -0.39 is 17.8 Å². The van der Waals surface area contributed by atoms with E-state index in [1.165, 1.54) is 31.4 Å². The lowest BCUT2D eigenvalue weighted by Crippen LogP contribution is -2.54. The normalized spacial score (nSPS) is 13.9. The maximum absolute atomic E-state index is 13.3. The van der Waals surface area contributed by atoms with E-state index in [2.05, 4.69) is 5.32 Å². The lowest BCUT2D eigenvalue weighted by molar-refractivity contribution is -0.122. The minimum absolute atomic E-state index is 0.132. The molecule has 1 aliphatic rings. The van der Waals surface area contributed by atoms with Crippen LogP contribution in [0, 0.1) is 0 Å². The topological polar surface area (TPSA) is 103 Å². The first kappa shape index (κ1) is 31.4. The Hall–Kier alpha value is -4.99. The van der Waals surface area contributed by atoms with Gasteiger partial charge < -0.3 is 18.9 Å². The third-order valence-electron chi connectivity index (χ3n) is 6.66. The number of nitrogens with one attached hydrogen (secondary N) is 1. The van der Waals surface area contributed by atoms with Crippen LogP contribution >= 0.6 is 23.2 Å². The zero-order chi connectivity index (χ0) is 31.9. The predicted octanol–water partition coefficient (Wildman–Crippen LogP) is 7.23. The van der Waals surface area contributed by atoms with Crippen LogP contribution in [0.2, 0.25) is 10.0 Å². The van der Waals surface area contributed by atoms with E-state index in [-0.39, 0.29) is 34.4 Å². The summed E-state index contributed by atoms with van der Waals surface area (Å²) in [7, 11) is 1.44. The highest BCUT2D eigenvalue weighted by Gasteiger charge is 2.37. The van der Waals surface area contributed by atoms with Crippen LogP contribution in [-0.4, -0.2) is 31.6 Å². The van der Waals surface area contributed by atoms with Crippen molar-refractivity contribution in [2.45, 2.75) is 20.1 Å². The molecule has 5 rings (SSSR count). The SMILES string of the molecule is CCOc1cc(COc2c(Cl)cc(/C=C3\C(=O)NC(=O)N(c4cccc(Cl)c4)C3=O)cc2OC)ccc1OCc1ccccc1. The Morgan fingerprint density at radius 3 is 2.29 bits per heavy atom. The number of urea groups is 1. The summed E-state index contributed by atoms with van der Waals surface area (Å²) in [6, 6.07) is 23.7. The molecule has 230 valence electrons. The molecule has 4 aromatic rings. The molecular formula is C34H28Cl2N2O7. The van der Waals surface area contributed by atoms with E-state index in [0.29, 0.717) is 35.3 Å². The number of imide groups is 2. The molecule has 11 heteroatoms. The summed E-state index contributed by atoms with van der Waals surface area (Å²) in [5.74, 6) is 0.0554. The molecule has 0 aliphatic carbocycles. The molecule has 1 fully saturated rings. The molecule has 1 N–H and O–H groups in total. The molecule has 4 amide bonds. The Morgan fingerprint density at radius 2 is 1.56 bits per heavy atom. The van der Waals surface area contributed by atoms with Crippen molar-refractivity contribution < 1.29 is 33.3 Å². The van der Waals surface area contributed by atoms with Crippen LogP contribution in [-0.2, 0) is 22.8 Å². The first-order valence-electron chi connectivity index (χ1n) is 13.9. The van der Waals surface area contributed by atoms with Crippen LogP contribution in [0.4, 0.5) is 10.5 Å². The molecule has 0 radical (unpaired) electrons. The number of rotatable bonds is 11. The average Bonchev–Trinajstić information content (AvgIpc) is 3.02. The van der Waals surface area contributed by atoms with E-state index in [9.17, 15) is 14.4 Å². The minimum atomic E-state index is -0.882. The van der Waals surface area contributed by atoms with Crippen molar-refractivity contribution in [3.63, 3.8) is 0 Å². The van der Waals surface area contributed by atoms with Gasteiger partial charge >= 0.3 is 6.03 Å². The predicted molar refractivity (Wildman–Crippen MR) is 171 cm³/mol. The summed E-state index contributed by atoms with van der Waals surface area (Å²) in [5.41, 5.74) is 2.14. The Kier molecular flexibility index (Phi) is 9.92. The Balaban J connectivity index is 1.34. The Labute approximate surface area is 269 Å². The third-order valence-corrected chi connectivity index (χ3v) is 7.18. The lowest BCUT2D eigenvalue weighted by Gasteiger charge is -2.26. The molecule has 4 aromatic carbocycles. The first-order valence-corrected chi connectivity index (χ1v) is 14.6. The maximum Gasteiger partial charge on any atom is 0.335 e.